The Bertz CT molecular complexity index is 1150. The van der Waals surface area contributed by atoms with Crippen molar-refractivity contribution in [1.29, 1.82) is 0 Å². The van der Waals surface area contributed by atoms with Gasteiger partial charge in [-0.15, -0.1) is 0 Å². The predicted octanol–water partition coefficient (Wildman–Crippen LogP) is 4.20. The van der Waals surface area contributed by atoms with Crippen LogP contribution in [0, 0.1) is 12.7 Å². The van der Waals surface area contributed by atoms with Gasteiger partial charge in [-0.2, -0.15) is 0 Å². The Labute approximate surface area is 168 Å². The second kappa shape index (κ2) is 8.32. The normalized spacial score (nSPS) is 11.0. The van der Waals surface area contributed by atoms with Gasteiger partial charge in [-0.3, -0.25) is 9.52 Å². The maximum Gasteiger partial charge on any atom is 0.264 e. The first-order valence-electron chi connectivity index (χ1n) is 8.63. The van der Waals surface area contributed by atoms with Crippen molar-refractivity contribution in [3.63, 3.8) is 0 Å². The third kappa shape index (κ3) is 4.72. The molecule has 0 aromatic heterocycles. The summed E-state index contributed by atoms with van der Waals surface area (Å²) in [6, 6.07) is 16.6. The summed E-state index contributed by atoms with van der Waals surface area (Å²) in [6.45, 7) is 1.91. The number of hydrogen-bond donors (Lipinski definition) is 2. The Morgan fingerprint density at radius 3 is 2.38 bits per heavy atom. The van der Waals surface area contributed by atoms with E-state index in [-0.39, 0.29) is 17.0 Å². The van der Waals surface area contributed by atoms with Crippen LogP contribution in [-0.2, 0) is 10.0 Å². The Kier molecular flexibility index (Phi) is 5.84. The van der Waals surface area contributed by atoms with Crippen molar-refractivity contribution in [2.24, 2.45) is 0 Å². The van der Waals surface area contributed by atoms with Crippen molar-refractivity contribution in [2.75, 3.05) is 17.1 Å². The minimum Gasteiger partial charge on any atom is -0.495 e. The molecular weight excluding hydrogens is 395 g/mol. The highest BCUT2D eigenvalue weighted by molar-refractivity contribution is 7.92. The molecule has 0 aliphatic carbocycles. The number of halogens is 1. The fourth-order valence-electron chi connectivity index (χ4n) is 2.62. The number of benzene rings is 3. The summed E-state index contributed by atoms with van der Waals surface area (Å²) < 4.78 is 47.2. The van der Waals surface area contributed by atoms with E-state index in [1.807, 2.05) is 19.1 Å². The highest BCUT2D eigenvalue weighted by Crippen LogP contribution is 2.27. The lowest BCUT2D eigenvalue weighted by atomic mass is 10.2. The monoisotopic (exact) mass is 414 g/mol. The molecule has 8 heteroatoms. The fraction of sp³-hybridized carbons (Fsp3) is 0.0952. The van der Waals surface area contributed by atoms with E-state index >= 15 is 0 Å². The van der Waals surface area contributed by atoms with Crippen LogP contribution in [-0.4, -0.2) is 21.4 Å². The number of para-hydroxylation sites is 2. The first-order valence-corrected chi connectivity index (χ1v) is 10.1. The van der Waals surface area contributed by atoms with Gasteiger partial charge in [0.25, 0.3) is 15.9 Å². The van der Waals surface area contributed by atoms with E-state index in [0.717, 1.165) is 17.7 Å². The lowest BCUT2D eigenvalue weighted by Crippen LogP contribution is -2.17. The Morgan fingerprint density at radius 1 is 1.00 bits per heavy atom. The molecule has 3 rings (SSSR count). The Balaban J connectivity index is 1.89. The number of methoxy groups -OCH3 is 1. The van der Waals surface area contributed by atoms with E-state index in [0.29, 0.717) is 5.69 Å². The van der Waals surface area contributed by atoms with Crippen molar-refractivity contribution in [2.45, 2.75) is 11.8 Å². The molecule has 0 atom stereocenters. The SMILES string of the molecule is COc1ccccc1NS(=O)(=O)c1cc(C(=O)Nc2ccc(C)cc2)ccc1F. The number of rotatable bonds is 6. The molecule has 150 valence electrons. The third-order valence-electron chi connectivity index (χ3n) is 4.14. The zero-order valence-electron chi connectivity index (χ0n) is 15.8. The molecule has 1 amide bonds. The van der Waals surface area contributed by atoms with E-state index in [2.05, 4.69) is 10.0 Å². The molecule has 0 unspecified atom stereocenters. The van der Waals surface area contributed by atoms with Gasteiger partial charge in [0.15, 0.2) is 0 Å². The van der Waals surface area contributed by atoms with E-state index in [1.165, 1.54) is 19.2 Å². The van der Waals surface area contributed by atoms with Crippen LogP contribution in [0.25, 0.3) is 0 Å². The summed E-state index contributed by atoms with van der Waals surface area (Å²) in [5, 5.41) is 2.65. The molecule has 0 fully saturated rings. The molecule has 0 aliphatic rings. The quantitative estimate of drug-likeness (QED) is 0.633. The van der Waals surface area contributed by atoms with E-state index < -0.39 is 26.6 Å². The van der Waals surface area contributed by atoms with Gasteiger partial charge >= 0.3 is 0 Å². The lowest BCUT2D eigenvalue weighted by molar-refractivity contribution is 0.102. The maximum absolute atomic E-state index is 14.3. The van der Waals surface area contributed by atoms with Gasteiger partial charge in [-0.1, -0.05) is 29.8 Å². The minimum atomic E-state index is -4.30. The summed E-state index contributed by atoms with van der Waals surface area (Å²) >= 11 is 0. The second-order valence-electron chi connectivity index (χ2n) is 6.27. The largest absolute Gasteiger partial charge is 0.495 e. The molecule has 0 spiro atoms. The molecular formula is C21H19FN2O4S. The average molecular weight is 414 g/mol. The van der Waals surface area contributed by atoms with Crippen molar-refractivity contribution in [3.05, 3.63) is 83.7 Å². The van der Waals surface area contributed by atoms with Gasteiger partial charge in [0, 0.05) is 11.3 Å². The summed E-state index contributed by atoms with van der Waals surface area (Å²) in [6.07, 6.45) is 0. The third-order valence-corrected chi connectivity index (χ3v) is 5.52. The van der Waals surface area contributed by atoms with Crippen LogP contribution in [0.2, 0.25) is 0 Å². The van der Waals surface area contributed by atoms with Crippen LogP contribution in [0.1, 0.15) is 15.9 Å². The molecule has 0 radical (unpaired) electrons. The Hall–Kier alpha value is -3.39. The predicted molar refractivity (Wildman–Crippen MR) is 109 cm³/mol. The number of sulfonamides is 1. The van der Waals surface area contributed by atoms with Gasteiger partial charge < -0.3 is 10.1 Å². The summed E-state index contributed by atoms with van der Waals surface area (Å²) in [5.41, 5.74) is 1.73. The molecule has 0 bridgehead atoms. The number of carbonyl (C=O) groups is 1. The second-order valence-corrected chi connectivity index (χ2v) is 7.92. The van der Waals surface area contributed by atoms with Crippen molar-refractivity contribution in [1.82, 2.24) is 0 Å². The van der Waals surface area contributed by atoms with Crippen LogP contribution in [0.5, 0.6) is 5.75 Å². The van der Waals surface area contributed by atoms with E-state index in [9.17, 15) is 17.6 Å². The van der Waals surface area contributed by atoms with Crippen LogP contribution >= 0.6 is 0 Å². The highest BCUT2D eigenvalue weighted by Gasteiger charge is 2.22. The fourth-order valence-corrected chi connectivity index (χ4v) is 3.79. The number of nitrogens with one attached hydrogen (secondary N) is 2. The molecule has 3 aromatic rings. The summed E-state index contributed by atoms with van der Waals surface area (Å²) in [7, 11) is -2.90. The summed E-state index contributed by atoms with van der Waals surface area (Å²) in [4.78, 5) is 11.8. The number of ether oxygens (including phenoxy) is 1. The smallest absolute Gasteiger partial charge is 0.264 e. The lowest BCUT2D eigenvalue weighted by Gasteiger charge is -2.13. The summed E-state index contributed by atoms with van der Waals surface area (Å²) in [5.74, 6) is -1.24. The van der Waals surface area contributed by atoms with Gasteiger partial charge in [-0.05, 0) is 49.4 Å². The molecule has 3 aromatic carbocycles. The first-order chi connectivity index (χ1) is 13.8. The maximum atomic E-state index is 14.3. The molecule has 2 N–H and O–H groups in total. The van der Waals surface area contributed by atoms with Crippen LogP contribution in [0.3, 0.4) is 0 Å². The zero-order chi connectivity index (χ0) is 21.0. The van der Waals surface area contributed by atoms with Crippen molar-refractivity contribution in [3.8, 4) is 5.75 Å². The Morgan fingerprint density at radius 2 is 1.69 bits per heavy atom. The number of carbonyl (C=O) groups excluding carboxylic acids is 1. The van der Waals surface area contributed by atoms with Crippen LogP contribution in [0.15, 0.2) is 71.6 Å². The van der Waals surface area contributed by atoms with Crippen LogP contribution < -0.4 is 14.8 Å². The van der Waals surface area contributed by atoms with Gasteiger partial charge in [0.2, 0.25) is 0 Å². The number of aryl methyl sites for hydroxylation is 1. The molecule has 29 heavy (non-hydrogen) atoms. The minimum absolute atomic E-state index is 0.00683. The number of hydrogen-bond acceptors (Lipinski definition) is 4. The zero-order valence-corrected chi connectivity index (χ0v) is 16.6. The molecule has 6 nitrogen and oxygen atoms in total. The highest BCUT2D eigenvalue weighted by atomic mass is 32.2. The molecule has 0 saturated heterocycles. The van der Waals surface area contributed by atoms with E-state index in [1.54, 1.807) is 30.3 Å². The van der Waals surface area contributed by atoms with Gasteiger partial charge in [-0.25, -0.2) is 12.8 Å². The standard InChI is InChI=1S/C21H19FN2O4S/c1-14-7-10-16(11-8-14)23-21(25)15-9-12-17(22)20(13-15)29(26,27)24-18-5-3-4-6-19(18)28-2/h3-13,24H,1-2H3,(H,23,25). The van der Waals surface area contributed by atoms with Crippen molar-refractivity contribution < 1.29 is 22.3 Å². The van der Waals surface area contributed by atoms with E-state index in [4.69, 9.17) is 4.74 Å². The van der Waals surface area contributed by atoms with Gasteiger partial charge in [0.1, 0.15) is 16.5 Å². The topological polar surface area (TPSA) is 84.5 Å². The molecule has 0 saturated carbocycles. The number of anilines is 2. The van der Waals surface area contributed by atoms with Crippen LogP contribution in [0.4, 0.5) is 15.8 Å². The first kappa shape index (κ1) is 20.3. The molecule has 0 heterocycles. The number of amides is 1. The molecule has 0 aliphatic heterocycles. The average Bonchev–Trinajstić information content (AvgIpc) is 2.70. The van der Waals surface area contributed by atoms with Crippen molar-refractivity contribution >= 4 is 27.3 Å². The van der Waals surface area contributed by atoms with Gasteiger partial charge in [0.05, 0.1) is 12.8 Å².